The molecule has 0 aliphatic heterocycles. The first-order valence-electron chi connectivity index (χ1n) is 7.54. The van der Waals surface area contributed by atoms with Gasteiger partial charge in [-0.25, -0.2) is 13.6 Å². The minimum absolute atomic E-state index is 0.00516. The minimum Gasteiger partial charge on any atom is -0.257 e. The van der Waals surface area contributed by atoms with Crippen LogP contribution in [-0.4, -0.2) is 18.2 Å². The van der Waals surface area contributed by atoms with E-state index in [0.717, 1.165) is 16.7 Å². The number of rotatable bonds is 4. The largest absolute Gasteiger partial charge is 0.257 e. The first kappa shape index (κ1) is 16.9. The second-order valence-electron chi connectivity index (χ2n) is 5.65. The summed E-state index contributed by atoms with van der Waals surface area (Å²) in [7, 11) is -3.90. The molecule has 3 aromatic rings. The maximum absolute atomic E-state index is 11.9. The molecule has 1 heterocycles. The molecular weight excluding hydrogens is 336 g/mol. The standard InChI is InChI=1S/C18H16N4O2S/c1-13-6-8-14(9-7-13)16-12-22(11-10-19)21-18(16)15-4-2-3-5-17(15)25(20,23)24/h2-9,12H,11H2,1H3,(H2,20,23,24). The van der Waals surface area contributed by atoms with Crippen molar-refractivity contribution in [1.29, 1.82) is 5.26 Å². The maximum atomic E-state index is 11.9. The maximum Gasteiger partial charge on any atom is 0.238 e. The number of primary sulfonamides is 1. The molecule has 25 heavy (non-hydrogen) atoms. The van der Waals surface area contributed by atoms with E-state index in [0.29, 0.717) is 11.3 Å². The monoisotopic (exact) mass is 352 g/mol. The highest BCUT2D eigenvalue weighted by molar-refractivity contribution is 7.89. The molecule has 0 unspecified atom stereocenters. The predicted octanol–water partition coefficient (Wildman–Crippen LogP) is 2.70. The summed E-state index contributed by atoms with van der Waals surface area (Å²) in [6.07, 6.45) is 1.74. The van der Waals surface area contributed by atoms with Gasteiger partial charge in [-0.3, -0.25) is 4.68 Å². The van der Waals surface area contributed by atoms with Gasteiger partial charge in [0.1, 0.15) is 12.2 Å². The van der Waals surface area contributed by atoms with Crippen LogP contribution in [0.2, 0.25) is 0 Å². The summed E-state index contributed by atoms with van der Waals surface area (Å²) in [5.41, 5.74) is 3.63. The number of nitriles is 1. The van der Waals surface area contributed by atoms with Crippen molar-refractivity contribution >= 4 is 10.0 Å². The molecule has 0 radical (unpaired) electrons. The molecular formula is C18H16N4O2S. The fraction of sp³-hybridized carbons (Fsp3) is 0.111. The number of aromatic nitrogens is 2. The Morgan fingerprint density at radius 3 is 2.44 bits per heavy atom. The molecule has 0 saturated heterocycles. The van der Waals surface area contributed by atoms with E-state index < -0.39 is 10.0 Å². The van der Waals surface area contributed by atoms with E-state index >= 15 is 0 Å². The summed E-state index contributed by atoms with van der Waals surface area (Å²) in [5, 5.41) is 18.7. The van der Waals surface area contributed by atoms with Crippen LogP contribution in [0.25, 0.3) is 22.4 Å². The highest BCUT2D eigenvalue weighted by Gasteiger charge is 2.20. The smallest absolute Gasteiger partial charge is 0.238 e. The lowest BCUT2D eigenvalue weighted by molar-refractivity contribution is 0.598. The van der Waals surface area contributed by atoms with Crippen LogP contribution in [0.3, 0.4) is 0 Å². The van der Waals surface area contributed by atoms with Gasteiger partial charge in [0, 0.05) is 17.3 Å². The Labute approximate surface area is 146 Å². The van der Waals surface area contributed by atoms with Gasteiger partial charge >= 0.3 is 0 Å². The molecule has 6 nitrogen and oxygen atoms in total. The molecule has 0 amide bonds. The fourth-order valence-corrected chi connectivity index (χ4v) is 3.37. The van der Waals surface area contributed by atoms with Gasteiger partial charge in [0.25, 0.3) is 0 Å². The molecule has 0 saturated carbocycles. The number of nitrogens with two attached hydrogens (primary N) is 1. The molecule has 126 valence electrons. The number of hydrogen-bond acceptors (Lipinski definition) is 4. The van der Waals surface area contributed by atoms with E-state index in [2.05, 4.69) is 5.10 Å². The lowest BCUT2D eigenvalue weighted by atomic mass is 10.0. The van der Waals surface area contributed by atoms with Crippen molar-refractivity contribution < 1.29 is 8.42 Å². The Morgan fingerprint density at radius 1 is 1.12 bits per heavy atom. The van der Waals surface area contributed by atoms with Crippen LogP contribution in [0.15, 0.2) is 59.6 Å². The number of benzene rings is 2. The van der Waals surface area contributed by atoms with E-state index in [1.54, 1.807) is 24.4 Å². The normalized spacial score (nSPS) is 11.2. The lowest BCUT2D eigenvalue weighted by Crippen LogP contribution is -2.13. The summed E-state index contributed by atoms with van der Waals surface area (Å²) in [5.74, 6) is 0. The molecule has 7 heteroatoms. The second kappa shape index (κ2) is 6.51. The van der Waals surface area contributed by atoms with Gasteiger partial charge in [-0.2, -0.15) is 10.4 Å². The van der Waals surface area contributed by atoms with Gasteiger partial charge in [0.15, 0.2) is 0 Å². The van der Waals surface area contributed by atoms with Gasteiger partial charge in [-0.1, -0.05) is 48.0 Å². The molecule has 0 aliphatic carbocycles. The summed E-state index contributed by atoms with van der Waals surface area (Å²) in [6, 6.07) is 16.3. The first-order chi connectivity index (χ1) is 11.9. The molecule has 2 N–H and O–H groups in total. The number of sulfonamides is 1. The molecule has 0 aliphatic rings. The minimum atomic E-state index is -3.90. The molecule has 0 atom stereocenters. The topological polar surface area (TPSA) is 102 Å². The van der Waals surface area contributed by atoms with E-state index in [4.69, 9.17) is 10.4 Å². The molecule has 0 spiro atoms. The van der Waals surface area contributed by atoms with E-state index in [1.165, 1.54) is 10.7 Å². The molecule has 0 bridgehead atoms. The van der Waals surface area contributed by atoms with Crippen LogP contribution in [0.1, 0.15) is 5.56 Å². The van der Waals surface area contributed by atoms with Gasteiger partial charge in [-0.15, -0.1) is 0 Å². The fourth-order valence-electron chi connectivity index (χ4n) is 2.63. The number of aryl methyl sites for hydroxylation is 1. The van der Waals surface area contributed by atoms with Crippen molar-refractivity contribution in [3.8, 4) is 28.5 Å². The summed E-state index contributed by atoms with van der Waals surface area (Å²) in [6.45, 7) is 2.05. The van der Waals surface area contributed by atoms with Gasteiger partial charge in [0.2, 0.25) is 10.0 Å². The third-order valence-electron chi connectivity index (χ3n) is 3.81. The van der Waals surface area contributed by atoms with E-state index in [1.807, 2.05) is 37.3 Å². The summed E-state index contributed by atoms with van der Waals surface area (Å²) < 4.78 is 25.4. The molecule has 2 aromatic carbocycles. The van der Waals surface area contributed by atoms with Crippen molar-refractivity contribution in [2.75, 3.05) is 0 Å². The average molecular weight is 352 g/mol. The zero-order chi connectivity index (χ0) is 18.0. The highest BCUT2D eigenvalue weighted by atomic mass is 32.2. The van der Waals surface area contributed by atoms with E-state index in [-0.39, 0.29) is 11.4 Å². The van der Waals surface area contributed by atoms with Gasteiger partial charge in [-0.05, 0) is 18.6 Å². The number of nitrogens with zero attached hydrogens (tertiary/aromatic N) is 3. The number of hydrogen-bond donors (Lipinski definition) is 1. The van der Waals surface area contributed by atoms with Crippen molar-refractivity contribution in [2.24, 2.45) is 5.14 Å². The van der Waals surface area contributed by atoms with Crippen molar-refractivity contribution in [1.82, 2.24) is 9.78 Å². The van der Waals surface area contributed by atoms with Crippen LogP contribution >= 0.6 is 0 Å². The summed E-state index contributed by atoms with van der Waals surface area (Å²) >= 11 is 0. The highest BCUT2D eigenvalue weighted by Crippen LogP contribution is 2.34. The Hall–Kier alpha value is -2.95. The SMILES string of the molecule is Cc1ccc(-c2cn(CC#N)nc2-c2ccccc2S(N)(=O)=O)cc1. The second-order valence-corrected chi connectivity index (χ2v) is 7.18. The first-order valence-corrected chi connectivity index (χ1v) is 9.08. The average Bonchev–Trinajstić information content (AvgIpc) is 2.99. The van der Waals surface area contributed by atoms with Crippen molar-refractivity contribution in [3.63, 3.8) is 0 Å². The summed E-state index contributed by atoms with van der Waals surface area (Å²) in [4.78, 5) is 0.00516. The van der Waals surface area contributed by atoms with Crippen LogP contribution in [-0.2, 0) is 16.6 Å². The van der Waals surface area contributed by atoms with Crippen molar-refractivity contribution in [2.45, 2.75) is 18.4 Å². The molecule has 1 aromatic heterocycles. The Balaban J connectivity index is 2.27. The Bertz CT molecular complexity index is 1060. The molecule has 3 rings (SSSR count). The zero-order valence-electron chi connectivity index (χ0n) is 13.5. The molecule has 0 fully saturated rings. The third kappa shape index (κ3) is 3.45. The van der Waals surface area contributed by atoms with Gasteiger partial charge < -0.3 is 0 Å². The van der Waals surface area contributed by atoms with Crippen LogP contribution in [0, 0.1) is 18.3 Å². The van der Waals surface area contributed by atoms with Crippen LogP contribution in [0.4, 0.5) is 0 Å². The van der Waals surface area contributed by atoms with Gasteiger partial charge in [0.05, 0.1) is 11.0 Å². The Kier molecular flexibility index (Phi) is 4.40. The predicted molar refractivity (Wildman–Crippen MR) is 94.8 cm³/mol. The van der Waals surface area contributed by atoms with E-state index in [9.17, 15) is 8.42 Å². The van der Waals surface area contributed by atoms with Crippen molar-refractivity contribution in [3.05, 3.63) is 60.3 Å². The lowest BCUT2D eigenvalue weighted by Gasteiger charge is -2.08. The Morgan fingerprint density at radius 2 is 1.80 bits per heavy atom. The van der Waals surface area contributed by atoms with Crippen LogP contribution in [0.5, 0.6) is 0 Å². The quantitative estimate of drug-likeness (QED) is 0.780. The zero-order valence-corrected chi connectivity index (χ0v) is 14.4. The van der Waals surface area contributed by atoms with Crippen LogP contribution < -0.4 is 5.14 Å². The third-order valence-corrected chi connectivity index (χ3v) is 4.77.